The Morgan fingerprint density at radius 3 is 2.46 bits per heavy atom. The van der Waals surface area contributed by atoms with Gasteiger partial charge in [-0.05, 0) is 25.5 Å². The summed E-state index contributed by atoms with van der Waals surface area (Å²) in [5, 5.41) is 22.4. The zero-order valence-electron chi connectivity index (χ0n) is 15.3. The first-order valence-corrected chi connectivity index (χ1v) is 8.46. The lowest BCUT2D eigenvalue weighted by Gasteiger charge is -2.28. The molecule has 0 saturated heterocycles. The molecule has 0 radical (unpaired) electrons. The first kappa shape index (κ1) is 16.8. The van der Waals surface area contributed by atoms with E-state index in [1.165, 1.54) is 13.2 Å². The van der Waals surface area contributed by atoms with E-state index in [1.807, 2.05) is 20.8 Å². The molecule has 26 heavy (non-hydrogen) atoms. The Balaban J connectivity index is 2.30. The van der Waals surface area contributed by atoms with Gasteiger partial charge in [-0.15, -0.1) is 0 Å². The first-order chi connectivity index (χ1) is 12.1. The van der Waals surface area contributed by atoms with Gasteiger partial charge in [-0.2, -0.15) is 0 Å². The van der Waals surface area contributed by atoms with E-state index in [0.29, 0.717) is 27.6 Å². The summed E-state index contributed by atoms with van der Waals surface area (Å²) < 4.78 is 11.3. The lowest BCUT2D eigenvalue weighted by atomic mass is 9.75. The third-order valence-corrected chi connectivity index (χ3v) is 5.86. The second kappa shape index (κ2) is 4.98. The third kappa shape index (κ3) is 1.75. The fourth-order valence-corrected chi connectivity index (χ4v) is 4.17. The summed E-state index contributed by atoms with van der Waals surface area (Å²) in [5.41, 5.74) is 0.796. The van der Waals surface area contributed by atoms with Crippen molar-refractivity contribution in [2.75, 3.05) is 7.11 Å². The van der Waals surface area contributed by atoms with Gasteiger partial charge in [0.1, 0.15) is 23.4 Å². The SMILES string of the molecule is COC1C(=O)C(=O)c2c(O)c3c(c4c(C)cc(O)c1c24)OC(C)C3(C)C. The summed E-state index contributed by atoms with van der Waals surface area (Å²) in [5.74, 6) is -1.51. The fourth-order valence-electron chi connectivity index (χ4n) is 4.17. The number of benzene rings is 2. The highest BCUT2D eigenvalue weighted by molar-refractivity contribution is 6.50. The van der Waals surface area contributed by atoms with Crippen molar-refractivity contribution in [2.24, 2.45) is 0 Å². The van der Waals surface area contributed by atoms with Crippen LogP contribution >= 0.6 is 0 Å². The van der Waals surface area contributed by atoms with Crippen molar-refractivity contribution in [3.05, 3.63) is 28.3 Å². The Morgan fingerprint density at radius 2 is 1.85 bits per heavy atom. The van der Waals surface area contributed by atoms with Crippen LogP contribution in [0.3, 0.4) is 0 Å². The molecule has 0 fully saturated rings. The van der Waals surface area contributed by atoms with E-state index in [4.69, 9.17) is 9.47 Å². The van der Waals surface area contributed by atoms with Crippen molar-refractivity contribution >= 4 is 22.3 Å². The van der Waals surface area contributed by atoms with Crippen LogP contribution < -0.4 is 4.74 Å². The molecule has 2 aliphatic rings. The molecule has 6 heteroatoms. The van der Waals surface area contributed by atoms with Gasteiger partial charge in [0.05, 0.1) is 5.56 Å². The highest BCUT2D eigenvalue weighted by Gasteiger charge is 2.48. The van der Waals surface area contributed by atoms with E-state index in [9.17, 15) is 19.8 Å². The van der Waals surface area contributed by atoms with Crippen molar-refractivity contribution in [2.45, 2.75) is 45.3 Å². The van der Waals surface area contributed by atoms with Gasteiger partial charge >= 0.3 is 0 Å². The van der Waals surface area contributed by atoms with Crippen LogP contribution in [0.2, 0.25) is 0 Å². The number of aryl methyl sites for hydroxylation is 1. The van der Waals surface area contributed by atoms with Crippen molar-refractivity contribution < 1.29 is 29.3 Å². The van der Waals surface area contributed by atoms with Crippen molar-refractivity contribution in [3.8, 4) is 17.2 Å². The molecule has 0 bridgehead atoms. The molecule has 2 atom stereocenters. The Labute approximate surface area is 150 Å². The zero-order chi connectivity index (χ0) is 19.1. The number of phenols is 2. The van der Waals surface area contributed by atoms with E-state index in [-0.39, 0.29) is 28.7 Å². The molecule has 0 saturated carbocycles. The summed E-state index contributed by atoms with van der Waals surface area (Å²) in [6, 6.07) is 1.53. The third-order valence-electron chi connectivity index (χ3n) is 5.86. The minimum Gasteiger partial charge on any atom is -0.508 e. The number of aromatic hydroxyl groups is 2. The van der Waals surface area contributed by atoms with Crippen LogP contribution in [0.1, 0.15) is 53.9 Å². The molecule has 0 aromatic heterocycles. The molecule has 1 aliphatic heterocycles. The Bertz CT molecular complexity index is 1020. The average Bonchev–Trinajstić information content (AvgIpc) is 2.79. The highest BCUT2D eigenvalue weighted by atomic mass is 16.5. The molecule has 6 nitrogen and oxygen atoms in total. The summed E-state index contributed by atoms with van der Waals surface area (Å²) >= 11 is 0. The minimum absolute atomic E-state index is 0.0724. The smallest absolute Gasteiger partial charge is 0.236 e. The number of ether oxygens (including phenoxy) is 2. The number of Topliss-reactive ketones (excluding diaryl/α,β-unsaturated/α-hetero) is 2. The lowest BCUT2D eigenvalue weighted by molar-refractivity contribution is -0.124. The second-order valence-corrected chi connectivity index (χ2v) is 7.59. The van der Waals surface area contributed by atoms with Gasteiger partial charge in [0.15, 0.2) is 6.10 Å². The molecular formula is C20H20O6. The van der Waals surface area contributed by atoms with Crippen LogP contribution in [0.5, 0.6) is 17.2 Å². The largest absolute Gasteiger partial charge is 0.508 e. The van der Waals surface area contributed by atoms with Gasteiger partial charge < -0.3 is 19.7 Å². The van der Waals surface area contributed by atoms with E-state index >= 15 is 0 Å². The molecule has 2 aromatic carbocycles. The van der Waals surface area contributed by atoms with Crippen molar-refractivity contribution in [1.29, 1.82) is 0 Å². The number of ketones is 2. The molecule has 2 unspecified atom stereocenters. The Kier molecular flexibility index (Phi) is 3.22. The monoisotopic (exact) mass is 356 g/mol. The number of fused-ring (bicyclic) bond motifs is 2. The molecule has 2 aromatic rings. The van der Waals surface area contributed by atoms with Crippen LogP contribution in [0.4, 0.5) is 0 Å². The van der Waals surface area contributed by atoms with Gasteiger partial charge in [0.25, 0.3) is 0 Å². The maximum atomic E-state index is 12.8. The van der Waals surface area contributed by atoms with Crippen molar-refractivity contribution in [1.82, 2.24) is 0 Å². The molecular weight excluding hydrogens is 336 g/mol. The normalized spacial score (nSPS) is 23.3. The standard InChI is InChI=1S/C20H20O6/c1-7-6-9(21)11-12-10(7)18-14(20(3,4)8(2)26-18)15(22)13(12)16(23)17(24)19(11)25-5/h6,8,19,21-22H,1-5H3. The molecule has 0 amide bonds. The van der Waals surface area contributed by atoms with E-state index in [0.717, 1.165) is 0 Å². The Hall–Kier alpha value is -2.60. The number of carbonyl (C=O) groups excluding carboxylic acids is 2. The summed E-state index contributed by atoms with van der Waals surface area (Å²) in [6.07, 6.45) is -1.44. The second-order valence-electron chi connectivity index (χ2n) is 7.59. The number of carbonyl (C=O) groups is 2. The highest BCUT2D eigenvalue weighted by Crippen LogP contribution is 2.56. The van der Waals surface area contributed by atoms with E-state index in [1.54, 1.807) is 6.92 Å². The molecule has 4 rings (SSSR count). The molecule has 2 N–H and O–H groups in total. The van der Waals surface area contributed by atoms with Gasteiger partial charge in [0.2, 0.25) is 11.6 Å². The van der Waals surface area contributed by atoms with Crippen LogP contribution in [0.15, 0.2) is 6.07 Å². The van der Waals surface area contributed by atoms with Crippen LogP contribution in [0, 0.1) is 6.92 Å². The molecule has 0 spiro atoms. The molecule has 1 aliphatic carbocycles. The number of hydrogen-bond acceptors (Lipinski definition) is 6. The van der Waals surface area contributed by atoms with Crippen LogP contribution in [0.25, 0.3) is 10.8 Å². The Morgan fingerprint density at radius 1 is 1.19 bits per heavy atom. The van der Waals surface area contributed by atoms with Gasteiger partial charge in [-0.1, -0.05) is 13.8 Å². The quantitative estimate of drug-likeness (QED) is 0.763. The maximum Gasteiger partial charge on any atom is 0.236 e. The first-order valence-electron chi connectivity index (χ1n) is 8.46. The van der Waals surface area contributed by atoms with E-state index < -0.39 is 23.1 Å². The minimum atomic E-state index is -1.21. The van der Waals surface area contributed by atoms with E-state index in [2.05, 4.69) is 0 Å². The van der Waals surface area contributed by atoms with Crippen LogP contribution in [-0.4, -0.2) is 35.0 Å². The maximum absolute atomic E-state index is 12.8. The lowest BCUT2D eigenvalue weighted by Crippen LogP contribution is -2.30. The number of phenolic OH excluding ortho intramolecular Hbond substituents is 2. The summed E-state index contributed by atoms with van der Waals surface area (Å²) in [6.45, 7) is 7.53. The number of rotatable bonds is 1. The van der Waals surface area contributed by atoms with Crippen LogP contribution in [-0.2, 0) is 14.9 Å². The van der Waals surface area contributed by atoms with Gasteiger partial charge in [-0.25, -0.2) is 0 Å². The van der Waals surface area contributed by atoms with Gasteiger partial charge in [0, 0.05) is 34.4 Å². The topological polar surface area (TPSA) is 93.1 Å². The predicted molar refractivity (Wildman–Crippen MR) is 94.2 cm³/mol. The molecule has 136 valence electrons. The summed E-state index contributed by atoms with van der Waals surface area (Å²) in [7, 11) is 1.31. The van der Waals surface area contributed by atoms with Gasteiger partial charge in [-0.3, -0.25) is 9.59 Å². The fraction of sp³-hybridized carbons (Fsp3) is 0.400. The summed E-state index contributed by atoms with van der Waals surface area (Å²) in [4.78, 5) is 25.3. The average molecular weight is 356 g/mol. The van der Waals surface area contributed by atoms with Crippen molar-refractivity contribution in [3.63, 3.8) is 0 Å². The number of methoxy groups -OCH3 is 1. The number of hydrogen-bond donors (Lipinski definition) is 2. The predicted octanol–water partition coefficient (Wildman–Crippen LogP) is 3.07. The zero-order valence-corrected chi connectivity index (χ0v) is 15.3. The molecule has 1 heterocycles.